The molecule has 5 nitrogen and oxygen atoms in total. The van der Waals surface area contributed by atoms with Gasteiger partial charge in [-0.1, -0.05) is 42.6 Å². The second-order valence-electron chi connectivity index (χ2n) is 5.69. The van der Waals surface area contributed by atoms with Gasteiger partial charge in [0.2, 0.25) is 0 Å². The van der Waals surface area contributed by atoms with E-state index in [9.17, 15) is 4.79 Å². The van der Waals surface area contributed by atoms with Crippen molar-refractivity contribution in [2.24, 2.45) is 0 Å². The highest BCUT2D eigenvalue weighted by Gasteiger charge is 2.19. The summed E-state index contributed by atoms with van der Waals surface area (Å²) in [6.45, 7) is 4.68. The summed E-state index contributed by atoms with van der Waals surface area (Å²) >= 11 is 1.16. The Morgan fingerprint density at radius 1 is 1.22 bits per heavy atom. The molecule has 1 amide bonds. The van der Waals surface area contributed by atoms with Gasteiger partial charge in [-0.2, -0.15) is 0 Å². The molecule has 2 aromatic rings. The first kappa shape index (κ1) is 17.6. The van der Waals surface area contributed by atoms with E-state index in [0.29, 0.717) is 11.4 Å². The molecule has 0 spiro atoms. The van der Waals surface area contributed by atoms with E-state index in [1.807, 2.05) is 21.0 Å². The molecule has 23 heavy (non-hydrogen) atoms. The predicted octanol–water partition coefficient (Wildman–Crippen LogP) is 2.70. The average molecular weight is 332 g/mol. The van der Waals surface area contributed by atoms with E-state index in [1.165, 1.54) is 11.1 Å². The normalized spacial score (nSPS) is 12.4. The Balaban J connectivity index is 2.06. The Morgan fingerprint density at radius 3 is 2.48 bits per heavy atom. The van der Waals surface area contributed by atoms with Crippen molar-refractivity contribution < 1.29 is 4.79 Å². The highest BCUT2D eigenvalue weighted by Crippen LogP contribution is 2.19. The number of carbonyl (C=O) groups excluding carboxylic acids is 1. The quantitative estimate of drug-likeness (QED) is 0.847. The van der Waals surface area contributed by atoms with E-state index < -0.39 is 0 Å². The number of benzene rings is 1. The van der Waals surface area contributed by atoms with Crippen LogP contribution < -0.4 is 5.32 Å². The summed E-state index contributed by atoms with van der Waals surface area (Å²) in [6.07, 6.45) is 1.75. The lowest BCUT2D eigenvalue weighted by molar-refractivity contribution is 0.0945. The fourth-order valence-electron chi connectivity index (χ4n) is 2.46. The van der Waals surface area contributed by atoms with Crippen LogP contribution in [0.5, 0.6) is 0 Å². The van der Waals surface area contributed by atoms with Crippen LogP contribution in [-0.4, -0.2) is 41.0 Å². The van der Waals surface area contributed by atoms with Crippen LogP contribution in [-0.2, 0) is 12.8 Å². The molecule has 0 saturated heterocycles. The maximum atomic E-state index is 12.3. The zero-order valence-electron chi connectivity index (χ0n) is 14.2. The predicted molar refractivity (Wildman–Crippen MR) is 93.9 cm³/mol. The first-order valence-electron chi connectivity index (χ1n) is 7.91. The zero-order chi connectivity index (χ0) is 16.8. The Labute approximate surface area is 141 Å². The Bertz CT molecular complexity index is 636. The van der Waals surface area contributed by atoms with Gasteiger partial charge in [0.1, 0.15) is 4.88 Å². The number of rotatable bonds is 7. The van der Waals surface area contributed by atoms with E-state index in [1.54, 1.807) is 0 Å². The summed E-state index contributed by atoms with van der Waals surface area (Å²) in [6, 6.07) is 8.71. The minimum atomic E-state index is -0.0890. The number of aromatic nitrogens is 2. The van der Waals surface area contributed by atoms with E-state index in [4.69, 9.17) is 0 Å². The van der Waals surface area contributed by atoms with E-state index >= 15 is 0 Å². The van der Waals surface area contributed by atoms with Crippen molar-refractivity contribution in [1.82, 2.24) is 19.8 Å². The molecule has 1 heterocycles. The Morgan fingerprint density at radius 2 is 1.91 bits per heavy atom. The molecule has 0 aliphatic rings. The number of carbonyl (C=O) groups is 1. The van der Waals surface area contributed by atoms with Gasteiger partial charge in [-0.3, -0.25) is 4.79 Å². The molecule has 0 saturated carbocycles. The van der Waals surface area contributed by atoms with Crippen LogP contribution in [0.3, 0.4) is 0 Å². The standard InChI is InChI=1S/C17H24N4OS/c1-5-12-7-9-13(10-8-12)15(21(3)4)11-18-17(22)16-14(6-2)19-20-23-16/h7-10,15H,5-6,11H2,1-4H3,(H,18,22). The number of hydrogen-bond acceptors (Lipinski definition) is 5. The summed E-state index contributed by atoms with van der Waals surface area (Å²) in [7, 11) is 4.05. The third-order valence-electron chi connectivity index (χ3n) is 3.95. The van der Waals surface area contributed by atoms with E-state index in [0.717, 1.165) is 30.1 Å². The molecule has 1 aromatic carbocycles. The van der Waals surface area contributed by atoms with Crippen LogP contribution in [0.4, 0.5) is 0 Å². The summed E-state index contributed by atoms with van der Waals surface area (Å²) < 4.78 is 3.87. The van der Waals surface area contributed by atoms with Crippen molar-refractivity contribution in [2.75, 3.05) is 20.6 Å². The fourth-order valence-corrected chi connectivity index (χ4v) is 3.12. The van der Waals surface area contributed by atoms with Crippen LogP contribution in [0.1, 0.15) is 46.4 Å². The van der Waals surface area contributed by atoms with Gasteiger partial charge in [-0.05, 0) is 49.6 Å². The van der Waals surface area contributed by atoms with Crippen LogP contribution in [0.2, 0.25) is 0 Å². The minimum Gasteiger partial charge on any atom is -0.349 e. The number of hydrogen-bond donors (Lipinski definition) is 1. The molecular formula is C17H24N4OS. The van der Waals surface area contributed by atoms with Crippen molar-refractivity contribution >= 4 is 17.4 Å². The first-order valence-corrected chi connectivity index (χ1v) is 8.68. The number of aryl methyl sites for hydroxylation is 2. The SMILES string of the molecule is CCc1ccc(C(CNC(=O)c2snnc2CC)N(C)C)cc1. The molecular weight excluding hydrogens is 308 g/mol. The van der Waals surface area contributed by atoms with Gasteiger partial charge in [-0.25, -0.2) is 0 Å². The molecule has 0 bridgehead atoms. The van der Waals surface area contributed by atoms with E-state index in [2.05, 4.69) is 51.0 Å². The van der Waals surface area contributed by atoms with Gasteiger partial charge in [0, 0.05) is 6.54 Å². The second kappa shape index (κ2) is 8.17. The number of amides is 1. The Kier molecular flexibility index (Phi) is 6.24. The van der Waals surface area contributed by atoms with Crippen molar-refractivity contribution in [2.45, 2.75) is 32.7 Å². The molecule has 1 atom stereocenters. The van der Waals surface area contributed by atoms with Gasteiger partial charge in [0.25, 0.3) is 5.91 Å². The van der Waals surface area contributed by atoms with Gasteiger partial charge < -0.3 is 10.2 Å². The topological polar surface area (TPSA) is 58.1 Å². The van der Waals surface area contributed by atoms with Gasteiger partial charge in [-0.15, -0.1) is 5.10 Å². The van der Waals surface area contributed by atoms with Crippen LogP contribution >= 0.6 is 11.5 Å². The molecule has 124 valence electrons. The lowest BCUT2D eigenvalue weighted by Crippen LogP contribution is -2.34. The van der Waals surface area contributed by atoms with Crippen LogP contribution in [0, 0.1) is 0 Å². The van der Waals surface area contributed by atoms with Crippen molar-refractivity contribution in [3.63, 3.8) is 0 Å². The lowest BCUT2D eigenvalue weighted by atomic mass is 10.0. The molecule has 0 aliphatic carbocycles. The number of likely N-dealkylation sites (N-methyl/N-ethyl adjacent to an activating group) is 1. The van der Waals surface area contributed by atoms with Crippen molar-refractivity contribution in [1.29, 1.82) is 0 Å². The van der Waals surface area contributed by atoms with E-state index in [-0.39, 0.29) is 11.9 Å². The first-order chi connectivity index (χ1) is 11.1. The molecule has 0 radical (unpaired) electrons. The van der Waals surface area contributed by atoms with Gasteiger partial charge >= 0.3 is 0 Å². The molecule has 6 heteroatoms. The Hall–Kier alpha value is -1.79. The van der Waals surface area contributed by atoms with Crippen molar-refractivity contribution in [3.05, 3.63) is 46.0 Å². The maximum absolute atomic E-state index is 12.3. The highest BCUT2D eigenvalue weighted by molar-refractivity contribution is 7.08. The largest absolute Gasteiger partial charge is 0.349 e. The zero-order valence-corrected chi connectivity index (χ0v) is 15.0. The average Bonchev–Trinajstić information content (AvgIpc) is 3.04. The smallest absolute Gasteiger partial charge is 0.265 e. The van der Waals surface area contributed by atoms with Crippen molar-refractivity contribution in [3.8, 4) is 0 Å². The van der Waals surface area contributed by atoms with Crippen LogP contribution in [0.15, 0.2) is 24.3 Å². The maximum Gasteiger partial charge on any atom is 0.265 e. The third-order valence-corrected chi connectivity index (χ3v) is 4.72. The summed E-state index contributed by atoms with van der Waals surface area (Å²) in [5.74, 6) is -0.0890. The van der Waals surface area contributed by atoms with Gasteiger partial charge in [0.15, 0.2) is 0 Å². The second-order valence-corrected chi connectivity index (χ2v) is 6.44. The molecule has 1 aromatic heterocycles. The summed E-state index contributed by atoms with van der Waals surface area (Å²) in [5.41, 5.74) is 3.28. The number of nitrogens with one attached hydrogen (secondary N) is 1. The number of nitrogens with zero attached hydrogens (tertiary/aromatic N) is 3. The third kappa shape index (κ3) is 4.36. The van der Waals surface area contributed by atoms with Gasteiger partial charge in [0.05, 0.1) is 11.7 Å². The molecule has 1 unspecified atom stereocenters. The monoisotopic (exact) mass is 332 g/mol. The molecule has 1 N–H and O–H groups in total. The minimum absolute atomic E-state index is 0.0890. The van der Waals surface area contributed by atoms with Crippen LogP contribution in [0.25, 0.3) is 0 Å². The molecule has 2 rings (SSSR count). The fraction of sp³-hybridized carbons (Fsp3) is 0.471. The lowest BCUT2D eigenvalue weighted by Gasteiger charge is -2.25. The highest BCUT2D eigenvalue weighted by atomic mass is 32.1. The molecule has 0 aliphatic heterocycles. The molecule has 0 fully saturated rings. The summed E-state index contributed by atoms with van der Waals surface area (Å²) in [4.78, 5) is 15.1. The summed E-state index contributed by atoms with van der Waals surface area (Å²) in [5, 5.41) is 7.01.